The molecule has 0 amide bonds. The van der Waals surface area contributed by atoms with Gasteiger partial charge in [0.05, 0.1) is 10.6 Å². The molecule has 1 unspecified atom stereocenters. The summed E-state index contributed by atoms with van der Waals surface area (Å²) in [6.45, 7) is 2.00. The van der Waals surface area contributed by atoms with Crippen LogP contribution in [0.5, 0.6) is 0 Å². The first-order valence-corrected chi connectivity index (χ1v) is 6.05. The highest BCUT2D eigenvalue weighted by atomic mass is 16.6. The summed E-state index contributed by atoms with van der Waals surface area (Å²) in [5.41, 5.74) is 7.58. The molecule has 1 aliphatic rings. The zero-order valence-electron chi connectivity index (χ0n) is 10.2. The van der Waals surface area contributed by atoms with E-state index in [2.05, 4.69) is 4.90 Å². The van der Waals surface area contributed by atoms with Crippen molar-refractivity contribution in [1.82, 2.24) is 4.90 Å². The number of likely N-dealkylation sites (tertiary alicyclic amines) is 1. The molecule has 1 heterocycles. The fourth-order valence-electron chi connectivity index (χ4n) is 2.35. The topological polar surface area (TPSA) is 72.4 Å². The van der Waals surface area contributed by atoms with Crippen LogP contribution in [0.1, 0.15) is 12.0 Å². The quantitative estimate of drug-likeness (QED) is 0.647. The monoisotopic (exact) mass is 247 g/mol. The number of benzene rings is 1. The SMILES string of the molecule is NCC1CCN(Cc2ccccc2)/C1=C/[N+](=O)[O-]. The van der Waals surface area contributed by atoms with Gasteiger partial charge < -0.3 is 10.6 Å². The number of nitrogens with two attached hydrogens (primary N) is 1. The molecule has 1 atom stereocenters. The molecule has 2 N–H and O–H groups in total. The van der Waals surface area contributed by atoms with Gasteiger partial charge in [-0.05, 0) is 12.0 Å². The summed E-state index contributed by atoms with van der Waals surface area (Å²) in [5.74, 6) is 0.110. The van der Waals surface area contributed by atoms with Gasteiger partial charge in [-0.2, -0.15) is 0 Å². The Kier molecular flexibility index (Phi) is 3.94. The fraction of sp³-hybridized carbons (Fsp3) is 0.385. The Bertz CT molecular complexity index is 445. The van der Waals surface area contributed by atoms with E-state index in [4.69, 9.17) is 5.73 Å². The van der Waals surface area contributed by atoms with Crippen molar-refractivity contribution in [2.45, 2.75) is 13.0 Å². The minimum absolute atomic E-state index is 0.110. The van der Waals surface area contributed by atoms with Crippen molar-refractivity contribution in [2.75, 3.05) is 13.1 Å². The molecule has 5 nitrogen and oxygen atoms in total. The van der Waals surface area contributed by atoms with Gasteiger partial charge in [0.1, 0.15) is 0 Å². The van der Waals surface area contributed by atoms with Gasteiger partial charge >= 0.3 is 0 Å². The smallest absolute Gasteiger partial charge is 0.253 e. The minimum Gasteiger partial charge on any atom is -0.365 e. The number of hydrogen-bond donors (Lipinski definition) is 1. The summed E-state index contributed by atoms with van der Waals surface area (Å²) < 4.78 is 0. The molecular weight excluding hydrogens is 230 g/mol. The van der Waals surface area contributed by atoms with Crippen LogP contribution in [0.2, 0.25) is 0 Å². The Morgan fingerprint density at radius 1 is 1.44 bits per heavy atom. The predicted molar refractivity (Wildman–Crippen MR) is 69.1 cm³/mol. The second-order valence-corrected chi connectivity index (χ2v) is 4.47. The summed E-state index contributed by atoms with van der Waals surface area (Å²) in [5, 5.41) is 10.7. The van der Waals surface area contributed by atoms with Crippen LogP contribution in [0.4, 0.5) is 0 Å². The van der Waals surface area contributed by atoms with E-state index in [0.717, 1.165) is 30.4 Å². The van der Waals surface area contributed by atoms with Crippen LogP contribution in [0, 0.1) is 16.0 Å². The molecule has 0 bridgehead atoms. The lowest BCUT2D eigenvalue weighted by molar-refractivity contribution is -0.404. The molecule has 1 aromatic carbocycles. The predicted octanol–water partition coefficient (Wildman–Crippen LogP) is 1.59. The number of nitrogens with zero attached hydrogens (tertiary/aromatic N) is 2. The van der Waals surface area contributed by atoms with Gasteiger partial charge in [0.15, 0.2) is 0 Å². The van der Waals surface area contributed by atoms with Crippen LogP contribution in [0.15, 0.2) is 42.2 Å². The average molecular weight is 247 g/mol. The molecule has 1 fully saturated rings. The van der Waals surface area contributed by atoms with Crippen molar-refractivity contribution in [3.05, 3.63) is 57.9 Å². The van der Waals surface area contributed by atoms with Crippen molar-refractivity contribution >= 4 is 0 Å². The van der Waals surface area contributed by atoms with E-state index >= 15 is 0 Å². The second-order valence-electron chi connectivity index (χ2n) is 4.47. The first-order chi connectivity index (χ1) is 8.70. The summed E-state index contributed by atoms with van der Waals surface area (Å²) in [7, 11) is 0. The normalized spacial score (nSPS) is 21.5. The third-order valence-electron chi connectivity index (χ3n) is 3.27. The van der Waals surface area contributed by atoms with Crippen LogP contribution < -0.4 is 5.73 Å². The maximum absolute atomic E-state index is 10.7. The number of rotatable bonds is 4. The van der Waals surface area contributed by atoms with E-state index in [9.17, 15) is 10.1 Å². The lowest BCUT2D eigenvalue weighted by Crippen LogP contribution is -2.22. The molecule has 2 rings (SSSR count). The summed E-state index contributed by atoms with van der Waals surface area (Å²) in [6, 6.07) is 9.97. The van der Waals surface area contributed by atoms with Gasteiger partial charge in [-0.15, -0.1) is 0 Å². The Hall–Kier alpha value is -1.88. The Balaban J connectivity index is 2.15. The van der Waals surface area contributed by atoms with E-state index in [-0.39, 0.29) is 10.8 Å². The van der Waals surface area contributed by atoms with Gasteiger partial charge in [0, 0.05) is 25.6 Å². The van der Waals surface area contributed by atoms with E-state index in [0.29, 0.717) is 13.1 Å². The van der Waals surface area contributed by atoms with Crippen molar-refractivity contribution in [3.8, 4) is 0 Å². The van der Waals surface area contributed by atoms with E-state index < -0.39 is 0 Å². The second kappa shape index (κ2) is 5.64. The molecule has 0 aliphatic carbocycles. The van der Waals surface area contributed by atoms with Crippen LogP contribution in [-0.2, 0) is 6.54 Å². The molecule has 0 radical (unpaired) electrons. The summed E-state index contributed by atoms with van der Waals surface area (Å²) >= 11 is 0. The Labute approximate surface area is 106 Å². The van der Waals surface area contributed by atoms with Gasteiger partial charge in [-0.3, -0.25) is 10.1 Å². The van der Waals surface area contributed by atoms with Gasteiger partial charge in [-0.25, -0.2) is 0 Å². The van der Waals surface area contributed by atoms with Crippen molar-refractivity contribution in [1.29, 1.82) is 0 Å². The van der Waals surface area contributed by atoms with Gasteiger partial charge in [-0.1, -0.05) is 30.3 Å². The Morgan fingerprint density at radius 3 is 2.78 bits per heavy atom. The van der Waals surface area contributed by atoms with Crippen LogP contribution >= 0.6 is 0 Å². The van der Waals surface area contributed by atoms with E-state index in [1.54, 1.807) is 0 Å². The molecule has 0 spiro atoms. The molecule has 18 heavy (non-hydrogen) atoms. The van der Waals surface area contributed by atoms with E-state index in [1.807, 2.05) is 30.3 Å². The highest BCUT2D eigenvalue weighted by molar-refractivity contribution is 5.18. The first kappa shape index (κ1) is 12.6. The van der Waals surface area contributed by atoms with Crippen LogP contribution in [0.25, 0.3) is 0 Å². The van der Waals surface area contributed by atoms with Crippen LogP contribution in [0.3, 0.4) is 0 Å². The molecule has 5 heteroatoms. The standard InChI is InChI=1S/C13H17N3O2/c14-8-12-6-7-15(13(12)10-16(17)18)9-11-4-2-1-3-5-11/h1-5,10,12H,6-9,14H2/b13-10+. The lowest BCUT2D eigenvalue weighted by atomic mass is 10.1. The lowest BCUT2D eigenvalue weighted by Gasteiger charge is -2.20. The largest absolute Gasteiger partial charge is 0.365 e. The van der Waals surface area contributed by atoms with Crippen molar-refractivity contribution in [2.24, 2.45) is 11.7 Å². The van der Waals surface area contributed by atoms with Crippen molar-refractivity contribution in [3.63, 3.8) is 0 Å². The van der Waals surface area contributed by atoms with Crippen molar-refractivity contribution < 1.29 is 4.92 Å². The molecule has 1 saturated heterocycles. The molecule has 1 aliphatic heterocycles. The van der Waals surface area contributed by atoms with Gasteiger partial charge in [0.25, 0.3) is 6.20 Å². The molecular formula is C13H17N3O2. The highest BCUT2D eigenvalue weighted by Crippen LogP contribution is 2.28. The molecule has 96 valence electrons. The number of hydrogen-bond acceptors (Lipinski definition) is 4. The molecule has 1 aromatic rings. The summed E-state index contributed by atoms with van der Waals surface area (Å²) in [4.78, 5) is 12.3. The first-order valence-electron chi connectivity index (χ1n) is 6.05. The maximum Gasteiger partial charge on any atom is 0.253 e. The molecule has 0 aromatic heterocycles. The zero-order valence-corrected chi connectivity index (χ0v) is 10.2. The minimum atomic E-state index is -0.388. The fourth-order valence-corrected chi connectivity index (χ4v) is 2.35. The zero-order chi connectivity index (χ0) is 13.0. The average Bonchev–Trinajstić information content (AvgIpc) is 2.72. The maximum atomic E-state index is 10.7. The third kappa shape index (κ3) is 2.87. The van der Waals surface area contributed by atoms with Gasteiger partial charge in [0.2, 0.25) is 0 Å². The number of nitro groups is 1. The summed E-state index contributed by atoms with van der Waals surface area (Å²) in [6.07, 6.45) is 2.00. The third-order valence-corrected chi connectivity index (χ3v) is 3.27. The highest BCUT2D eigenvalue weighted by Gasteiger charge is 2.29. The van der Waals surface area contributed by atoms with E-state index in [1.165, 1.54) is 0 Å². The van der Waals surface area contributed by atoms with Crippen LogP contribution in [-0.4, -0.2) is 22.9 Å². The molecule has 0 saturated carbocycles. The Morgan fingerprint density at radius 2 is 2.17 bits per heavy atom.